The van der Waals surface area contributed by atoms with E-state index >= 15 is 0 Å². The zero-order chi connectivity index (χ0) is 20.0. The molecule has 0 heterocycles. The Balaban J connectivity index is 2.15. The molecule has 6 nitrogen and oxygen atoms in total. The van der Waals surface area contributed by atoms with Crippen LogP contribution in [0.15, 0.2) is 42.5 Å². The second-order valence-corrected chi connectivity index (χ2v) is 6.25. The summed E-state index contributed by atoms with van der Waals surface area (Å²) in [6.07, 6.45) is 2.71. The number of hydrogen-bond acceptors (Lipinski definition) is 5. The van der Waals surface area contributed by atoms with E-state index in [1.807, 2.05) is 13.8 Å². The van der Waals surface area contributed by atoms with Gasteiger partial charge in [-0.15, -0.1) is 0 Å². The third-order valence-electron chi connectivity index (χ3n) is 3.35. The largest absolute Gasteiger partial charge is 0.493 e. The smallest absolute Gasteiger partial charge is 0.336 e. The molecule has 0 unspecified atom stereocenters. The molecule has 0 aliphatic heterocycles. The van der Waals surface area contributed by atoms with Crippen LogP contribution in [0, 0.1) is 0 Å². The van der Waals surface area contributed by atoms with E-state index in [1.54, 1.807) is 24.3 Å². The monoisotopic (exact) mass is 389 g/mol. The van der Waals surface area contributed by atoms with Crippen molar-refractivity contribution < 1.29 is 23.8 Å². The standard InChI is InChI=1S/C20H20ClNO5/c1-12(2)26-19-16(21)9-13(10-17(19)25-3)7-8-18(23)27-15-6-4-5-14(11-15)20(22)24/h4-12H,1-3H3,(H2,22,24)/b8-7+. The summed E-state index contributed by atoms with van der Waals surface area (Å²) in [5, 5.41) is 0.366. The van der Waals surface area contributed by atoms with Crippen molar-refractivity contribution in [3.63, 3.8) is 0 Å². The van der Waals surface area contributed by atoms with Crippen molar-refractivity contribution in [2.24, 2.45) is 5.73 Å². The van der Waals surface area contributed by atoms with Gasteiger partial charge in [0.2, 0.25) is 5.91 Å². The van der Waals surface area contributed by atoms with Crippen LogP contribution in [0.5, 0.6) is 17.2 Å². The third-order valence-corrected chi connectivity index (χ3v) is 3.63. The second kappa shape index (κ2) is 9.09. The lowest BCUT2D eigenvalue weighted by atomic mass is 10.2. The summed E-state index contributed by atoms with van der Waals surface area (Å²) in [5.41, 5.74) is 6.09. The van der Waals surface area contributed by atoms with Crippen LogP contribution < -0.4 is 19.9 Å². The SMILES string of the molecule is COc1cc(/C=C/C(=O)Oc2cccc(C(N)=O)c2)cc(Cl)c1OC(C)C. The topological polar surface area (TPSA) is 87.9 Å². The van der Waals surface area contributed by atoms with Gasteiger partial charge in [-0.2, -0.15) is 0 Å². The molecular formula is C20H20ClNO5. The highest BCUT2D eigenvalue weighted by atomic mass is 35.5. The van der Waals surface area contributed by atoms with Crippen LogP contribution in [0.1, 0.15) is 29.8 Å². The molecule has 0 aliphatic carbocycles. The first-order valence-electron chi connectivity index (χ1n) is 8.14. The summed E-state index contributed by atoms with van der Waals surface area (Å²) in [6.45, 7) is 3.76. The number of halogens is 1. The Labute approximate surface area is 162 Å². The molecule has 0 radical (unpaired) electrons. The minimum atomic E-state index is -0.616. The molecule has 2 aromatic carbocycles. The fraction of sp³-hybridized carbons (Fsp3) is 0.200. The molecule has 2 N–H and O–H groups in total. The summed E-state index contributed by atoms with van der Waals surface area (Å²) < 4.78 is 16.1. The average molecular weight is 390 g/mol. The van der Waals surface area contributed by atoms with Crippen LogP contribution in [-0.4, -0.2) is 25.1 Å². The Hall–Kier alpha value is -2.99. The van der Waals surface area contributed by atoms with Gasteiger partial charge in [-0.3, -0.25) is 4.79 Å². The van der Waals surface area contributed by atoms with Crippen molar-refractivity contribution in [2.75, 3.05) is 7.11 Å². The quantitative estimate of drug-likeness (QED) is 0.441. The minimum Gasteiger partial charge on any atom is -0.493 e. The highest BCUT2D eigenvalue weighted by molar-refractivity contribution is 6.32. The number of ether oxygens (including phenoxy) is 3. The second-order valence-electron chi connectivity index (χ2n) is 5.85. The van der Waals surface area contributed by atoms with E-state index in [1.165, 1.54) is 31.4 Å². The van der Waals surface area contributed by atoms with Gasteiger partial charge in [-0.05, 0) is 55.8 Å². The maximum absolute atomic E-state index is 12.0. The highest BCUT2D eigenvalue weighted by Crippen LogP contribution is 2.37. The lowest BCUT2D eigenvalue weighted by Gasteiger charge is -2.15. The maximum atomic E-state index is 12.0. The predicted molar refractivity (Wildman–Crippen MR) is 103 cm³/mol. The van der Waals surface area contributed by atoms with Crippen molar-refractivity contribution >= 4 is 29.6 Å². The number of benzene rings is 2. The van der Waals surface area contributed by atoms with Crippen molar-refractivity contribution in [3.05, 3.63) is 58.6 Å². The predicted octanol–water partition coefficient (Wildman–Crippen LogP) is 3.85. The van der Waals surface area contributed by atoms with Crippen LogP contribution in [0.25, 0.3) is 6.08 Å². The minimum absolute atomic E-state index is 0.0658. The molecule has 0 spiro atoms. The van der Waals surface area contributed by atoms with Gasteiger partial charge in [0.05, 0.1) is 18.2 Å². The van der Waals surface area contributed by atoms with Gasteiger partial charge < -0.3 is 19.9 Å². The number of esters is 1. The molecule has 142 valence electrons. The molecule has 0 bridgehead atoms. The molecule has 2 aromatic rings. The molecule has 0 aromatic heterocycles. The Morgan fingerprint density at radius 1 is 1.19 bits per heavy atom. The number of amides is 1. The zero-order valence-corrected chi connectivity index (χ0v) is 15.9. The molecule has 2 rings (SSSR count). The number of methoxy groups -OCH3 is 1. The summed E-state index contributed by atoms with van der Waals surface area (Å²) in [7, 11) is 1.51. The van der Waals surface area contributed by atoms with E-state index in [-0.39, 0.29) is 17.4 Å². The normalized spacial score (nSPS) is 10.9. The number of primary amides is 1. The maximum Gasteiger partial charge on any atom is 0.336 e. The number of hydrogen-bond donors (Lipinski definition) is 1. The van der Waals surface area contributed by atoms with Crippen LogP contribution in [0.4, 0.5) is 0 Å². The molecule has 7 heteroatoms. The van der Waals surface area contributed by atoms with E-state index in [0.717, 1.165) is 0 Å². The summed E-state index contributed by atoms with van der Waals surface area (Å²) in [4.78, 5) is 23.2. The Kier molecular flexibility index (Phi) is 6.85. The van der Waals surface area contributed by atoms with Crippen LogP contribution in [0.3, 0.4) is 0 Å². The van der Waals surface area contributed by atoms with Crippen LogP contribution in [0.2, 0.25) is 5.02 Å². The van der Waals surface area contributed by atoms with Crippen molar-refractivity contribution in [3.8, 4) is 17.2 Å². The number of rotatable bonds is 7. The van der Waals surface area contributed by atoms with E-state index in [4.69, 9.17) is 31.5 Å². The number of carbonyl (C=O) groups excluding carboxylic acids is 2. The molecular weight excluding hydrogens is 370 g/mol. The van der Waals surface area contributed by atoms with Gasteiger partial charge in [0, 0.05) is 11.6 Å². The lowest BCUT2D eigenvalue weighted by molar-refractivity contribution is -0.128. The van der Waals surface area contributed by atoms with E-state index in [0.29, 0.717) is 22.1 Å². The molecule has 0 fully saturated rings. The Bertz CT molecular complexity index is 877. The summed E-state index contributed by atoms with van der Waals surface area (Å²) in [5.74, 6) is -0.101. The summed E-state index contributed by atoms with van der Waals surface area (Å²) in [6, 6.07) is 9.40. The fourth-order valence-electron chi connectivity index (χ4n) is 2.21. The Morgan fingerprint density at radius 3 is 2.56 bits per heavy atom. The van der Waals surface area contributed by atoms with Crippen LogP contribution in [-0.2, 0) is 4.79 Å². The fourth-order valence-corrected chi connectivity index (χ4v) is 2.48. The van der Waals surface area contributed by atoms with Crippen molar-refractivity contribution in [2.45, 2.75) is 20.0 Å². The van der Waals surface area contributed by atoms with E-state index in [9.17, 15) is 9.59 Å². The van der Waals surface area contributed by atoms with E-state index in [2.05, 4.69) is 0 Å². The number of carbonyl (C=O) groups is 2. The van der Waals surface area contributed by atoms with Gasteiger partial charge in [0.15, 0.2) is 11.5 Å². The van der Waals surface area contributed by atoms with Gasteiger partial charge in [-0.25, -0.2) is 4.79 Å². The van der Waals surface area contributed by atoms with Gasteiger partial charge in [-0.1, -0.05) is 17.7 Å². The Morgan fingerprint density at radius 2 is 1.93 bits per heavy atom. The molecule has 0 atom stereocenters. The lowest BCUT2D eigenvalue weighted by Crippen LogP contribution is -2.11. The summed E-state index contributed by atoms with van der Waals surface area (Å²) >= 11 is 6.25. The van der Waals surface area contributed by atoms with Gasteiger partial charge in [0.25, 0.3) is 0 Å². The molecule has 0 saturated carbocycles. The molecule has 1 amide bonds. The van der Waals surface area contributed by atoms with Gasteiger partial charge >= 0.3 is 5.97 Å². The molecule has 27 heavy (non-hydrogen) atoms. The number of nitrogens with two attached hydrogens (primary N) is 1. The van der Waals surface area contributed by atoms with Crippen molar-refractivity contribution in [1.82, 2.24) is 0 Å². The van der Waals surface area contributed by atoms with Gasteiger partial charge in [0.1, 0.15) is 5.75 Å². The van der Waals surface area contributed by atoms with E-state index < -0.39 is 11.9 Å². The molecule has 0 aliphatic rings. The zero-order valence-electron chi connectivity index (χ0n) is 15.2. The average Bonchev–Trinajstić information content (AvgIpc) is 2.61. The van der Waals surface area contributed by atoms with Crippen LogP contribution >= 0.6 is 11.6 Å². The van der Waals surface area contributed by atoms with Crippen molar-refractivity contribution in [1.29, 1.82) is 0 Å². The first-order valence-corrected chi connectivity index (χ1v) is 8.52. The molecule has 0 saturated heterocycles. The first-order chi connectivity index (χ1) is 12.8. The first kappa shape index (κ1) is 20.3. The third kappa shape index (κ3) is 5.76. The highest BCUT2D eigenvalue weighted by Gasteiger charge is 2.13.